The van der Waals surface area contributed by atoms with Crippen molar-refractivity contribution in [2.45, 2.75) is 52.9 Å². The van der Waals surface area contributed by atoms with E-state index in [2.05, 4.69) is 0 Å². The normalized spacial score (nSPS) is 21.9. The highest BCUT2D eigenvalue weighted by Gasteiger charge is 2.33. The summed E-state index contributed by atoms with van der Waals surface area (Å²) in [6.07, 6.45) is 1.26. The molecule has 0 radical (unpaired) electrons. The number of ether oxygens (including phenoxy) is 4. The van der Waals surface area contributed by atoms with Crippen LogP contribution in [0.1, 0.15) is 38.4 Å². The Balaban J connectivity index is 2.22. The molecule has 3 atom stereocenters. The van der Waals surface area contributed by atoms with Crippen LogP contribution < -0.4 is 5.14 Å². The van der Waals surface area contributed by atoms with Gasteiger partial charge < -0.3 is 18.9 Å². The summed E-state index contributed by atoms with van der Waals surface area (Å²) in [5.74, 6) is 0. The van der Waals surface area contributed by atoms with E-state index >= 15 is 0 Å². The average molecular weight is 412 g/mol. The van der Waals surface area contributed by atoms with Gasteiger partial charge in [0.05, 0.1) is 10.3 Å². The van der Waals surface area contributed by atoms with Gasteiger partial charge in [-0.15, -0.1) is 23.1 Å². The van der Waals surface area contributed by atoms with Crippen molar-refractivity contribution in [2.24, 2.45) is 5.14 Å². The van der Waals surface area contributed by atoms with Crippen LogP contribution >= 0.6 is 23.1 Å². The fraction of sp³-hybridized carbons (Fsp3) is 0.733. The Labute approximate surface area is 157 Å². The highest BCUT2D eigenvalue weighted by Crippen LogP contribution is 2.49. The first-order chi connectivity index (χ1) is 11.9. The summed E-state index contributed by atoms with van der Waals surface area (Å²) in [5, 5.41) is 5.54. The van der Waals surface area contributed by atoms with Crippen LogP contribution in [0.15, 0.2) is 14.5 Å². The molecule has 0 saturated heterocycles. The van der Waals surface area contributed by atoms with Crippen LogP contribution in [0.3, 0.4) is 0 Å². The summed E-state index contributed by atoms with van der Waals surface area (Å²) in [5.41, 5.74) is 0.827. The lowest BCUT2D eigenvalue weighted by Crippen LogP contribution is -2.26. The zero-order valence-corrected chi connectivity index (χ0v) is 17.0. The Morgan fingerprint density at radius 1 is 1.36 bits per heavy atom. The number of methoxy groups -OCH3 is 1. The van der Waals surface area contributed by atoms with Crippen molar-refractivity contribution >= 4 is 33.1 Å². The molecule has 25 heavy (non-hydrogen) atoms. The predicted octanol–water partition coefficient (Wildman–Crippen LogP) is 2.71. The van der Waals surface area contributed by atoms with E-state index in [0.717, 1.165) is 22.6 Å². The van der Waals surface area contributed by atoms with Crippen LogP contribution in [0.4, 0.5) is 0 Å². The molecular weight excluding hydrogens is 386 g/mol. The SMILES string of the molecule is CCOCCC1CC(OC(OC)OCC)c2cc(S(N)(=O)=O)sc2S1. The molecule has 1 aliphatic rings. The molecule has 1 aromatic rings. The van der Waals surface area contributed by atoms with Gasteiger partial charge in [0, 0.05) is 37.7 Å². The number of hydrogen-bond acceptors (Lipinski definition) is 8. The maximum Gasteiger partial charge on any atom is 0.271 e. The van der Waals surface area contributed by atoms with Crippen LogP contribution in [-0.4, -0.2) is 47.1 Å². The fourth-order valence-electron chi connectivity index (χ4n) is 2.49. The number of primary sulfonamides is 1. The predicted molar refractivity (Wildman–Crippen MR) is 97.3 cm³/mol. The van der Waals surface area contributed by atoms with Crippen molar-refractivity contribution < 1.29 is 27.4 Å². The Morgan fingerprint density at radius 2 is 2.12 bits per heavy atom. The van der Waals surface area contributed by atoms with Gasteiger partial charge in [-0.05, 0) is 32.8 Å². The number of thiophene rings is 1. The van der Waals surface area contributed by atoms with Crippen LogP contribution in [0.2, 0.25) is 0 Å². The lowest BCUT2D eigenvalue weighted by molar-refractivity contribution is -0.295. The zero-order chi connectivity index (χ0) is 18.4. The lowest BCUT2D eigenvalue weighted by atomic mass is 10.1. The molecule has 0 aliphatic carbocycles. The van der Waals surface area contributed by atoms with E-state index in [1.54, 1.807) is 17.8 Å². The van der Waals surface area contributed by atoms with Crippen LogP contribution in [-0.2, 0) is 29.0 Å². The molecule has 10 heteroatoms. The van der Waals surface area contributed by atoms with E-state index in [1.807, 2.05) is 13.8 Å². The number of thioether (sulfide) groups is 1. The summed E-state index contributed by atoms with van der Waals surface area (Å²) in [4.78, 5) is 0. The Morgan fingerprint density at radius 3 is 2.72 bits per heavy atom. The third-order valence-corrected chi connectivity index (χ3v) is 7.75. The molecule has 7 nitrogen and oxygen atoms in total. The second-order valence-corrected chi connectivity index (χ2v) is 9.83. The van der Waals surface area contributed by atoms with Crippen LogP contribution in [0, 0.1) is 0 Å². The van der Waals surface area contributed by atoms with Crippen molar-refractivity contribution in [1.82, 2.24) is 0 Å². The van der Waals surface area contributed by atoms with Crippen molar-refractivity contribution in [1.29, 1.82) is 0 Å². The molecule has 0 fully saturated rings. The smallest absolute Gasteiger partial charge is 0.271 e. The molecule has 2 N–H and O–H groups in total. The number of hydrogen-bond donors (Lipinski definition) is 1. The summed E-state index contributed by atoms with van der Waals surface area (Å²) < 4.78 is 46.4. The zero-order valence-electron chi connectivity index (χ0n) is 14.6. The van der Waals surface area contributed by atoms with Gasteiger partial charge in [0.15, 0.2) is 0 Å². The first-order valence-electron chi connectivity index (χ1n) is 8.09. The average Bonchev–Trinajstić information content (AvgIpc) is 2.99. The molecule has 1 aliphatic heterocycles. The van der Waals surface area contributed by atoms with Gasteiger partial charge >= 0.3 is 0 Å². The van der Waals surface area contributed by atoms with Crippen molar-refractivity contribution in [2.75, 3.05) is 26.9 Å². The molecule has 0 amide bonds. The van der Waals surface area contributed by atoms with E-state index in [4.69, 9.17) is 24.1 Å². The molecule has 0 spiro atoms. The largest absolute Gasteiger partial charge is 0.382 e. The monoisotopic (exact) mass is 411 g/mol. The topological polar surface area (TPSA) is 97.1 Å². The molecule has 2 heterocycles. The molecule has 2 rings (SSSR count). The van der Waals surface area contributed by atoms with E-state index in [1.165, 1.54) is 18.4 Å². The van der Waals surface area contributed by atoms with E-state index in [9.17, 15) is 8.42 Å². The second-order valence-electron chi connectivity index (χ2n) is 5.42. The Kier molecular flexibility index (Phi) is 8.15. The van der Waals surface area contributed by atoms with Gasteiger partial charge in [-0.3, -0.25) is 0 Å². The van der Waals surface area contributed by atoms with Gasteiger partial charge in [0.25, 0.3) is 6.48 Å². The van der Waals surface area contributed by atoms with Gasteiger partial charge in [-0.25, -0.2) is 13.6 Å². The minimum Gasteiger partial charge on any atom is -0.382 e. The molecule has 144 valence electrons. The number of sulfonamides is 1. The quantitative estimate of drug-likeness (QED) is 0.467. The molecule has 0 aromatic carbocycles. The third kappa shape index (κ3) is 5.90. The maximum atomic E-state index is 11.7. The second kappa shape index (κ2) is 9.65. The first-order valence-corrected chi connectivity index (χ1v) is 11.3. The fourth-order valence-corrected chi connectivity index (χ4v) is 6.31. The van der Waals surface area contributed by atoms with Gasteiger partial charge in [0.2, 0.25) is 10.0 Å². The maximum absolute atomic E-state index is 11.7. The summed E-state index contributed by atoms with van der Waals surface area (Å²) in [6.45, 7) is 4.80. The third-order valence-electron chi connectivity index (χ3n) is 3.64. The van der Waals surface area contributed by atoms with E-state index < -0.39 is 16.5 Å². The highest BCUT2D eigenvalue weighted by molar-refractivity contribution is 8.02. The lowest BCUT2D eigenvalue weighted by Gasteiger charge is -2.31. The van der Waals surface area contributed by atoms with Crippen molar-refractivity contribution in [3.05, 3.63) is 11.6 Å². The molecular formula is C15H25NO6S3. The van der Waals surface area contributed by atoms with E-state index in [0.29, 0.717) is 19.8 Å². The first kappa shape index (κ1) is 21.1. The minimum atomic E-state index is -3.74. The number of nitrogens with two attached hydrogens (primary N) is 1. The van der Waals surface area contributed by atoms with Gasteiger partial charge in [-0.2, -0.15) is 0 Å². The van der Waals surface area contributed by atoms with Gasteiger partial charge in [-0.1, -0.05) is 0 Å². The highest BCUT2D eigenvalue weighted by atomic mass is 32.3. The molecule has 0 saturated carbocycles. The minimum absolute atomic E-state index is 0.148. The summed E-state index contributed by atoms with van der Waals surface area (Å²) >= 11 is 2.84. The van der Waals surface area contributed by atoms with Crippen molar-refractivity contribution in [3.8, 4) is 0 Å². The Hall–Kier alpha value is -0.200. The summed E-state index contributed by atoms with van der Waals surface area (Å²) in [7, 11) is -2.23. The van der Waals surface area contributed by atoms with Gasteiger partial charge in [0.1, 0.15) is 4.21 Å². The number of rotatable bonds is 10. The Bertz CT molecular complexity index is 648. The van der Waals surface area contributed by atoms with Crippen molar-refractivity contribution in [3.63, 3.8) is 0 Å². The van der Waals surface area contributed by atoms with Crippen LogP contribution in [0.25, 0.3) is 0 Å². The standard InChI is InChI=1S/C15H25NO6S3/c1-4-20-7-6-10-8-12(22-15(19-3)21-5-2)11-9-13(25(16,17)18)24-14(11)23-10/h9-10,12,15H,4-8H2,1-3H3,(H2,16,17,18). The van der Waals surface area contributed by atoms with E-state index in [-0.39, 0.29) is 15.6 Å². The number of fused-ring (bicyclic) bond motifs is 1. The molecule has 3 unspecified atom stereocenters. The summed E-state index contributed by atoms with van der Waals surface area (Å²) in [6, 6.07) is 1.60. The molecule has 1 aromatic heterocycles. The van der Waals surface area contributed by atoms with Crippen LogP contribution in [0.5, 0.6) is 0 Å². The molecule has 0 bridgehead atoms.